The van der Waals surface area contributed by atoms with E-state index < -0.39 is 0 Å². The maximum Gasteiger partial charge on any atom is 0.0386 e. The normalized spacial score (nSPS) is 13.4. The fraction of sp³-hybridized carbons (Fsp3) is 0.636. The Balaban J connectivity index is 2.19. The van der Waals surface area contributed by atoms with Crippen molar-refractivity contribution >= 4 is 11.3 Å². The van der Waals surface area contributed by atoms with Gasteiger partial charge in [0.25, 0.3) is 0 Å². The standard InChI is InChI=1S/C11H20N2S/c1-4-13(3)8-7-12-10(2)11-6-5-9-14-11/h5-6,9-10,12H,4,7-8H2,1-3H3. The Kier molecular flexibility index (Phi) is 5.15. The van der Waals surface area contributed by atoms with Crippen LogP contribution in [0.2, 0.25) is 0 Å². The molecule has 0 amide bonds. The zero-order chi connectivity index (χ0) is 10.4. The van der Waals surface area contributed by atoms with E-state index in [0.717, 1.165) is 19.6 Å². The summed E-state index contributed by atoms with van der Waals surface area (Å²) in [5.74, 6) is 0. The first kappa shape index (κ1) is 11.7. The Morgan fingerprint density at radius 3 is 2.93 bits per heavy atom. The fourth-order valence-corrected chi connectivity index (χ4v) is 2.03. The minimum Gasteiger partial charge on any atom is -0.308 e. The average Bonchev–Trinajstić information content (AvgIpc) is 2.70. The number of likely N-dealkylation sites (N-methyl/N-ethyl adjacent to an activating group) is 1. The van der Waals surface area contributed by atoms with Gasteiger partial charge in [-0.2, -0.15) is 0 Å². The molecule has 2 nitrogen and oxygen atoms in total. The van der Waals surface area contributed by atoms with E-state index in [4.69, 9.17) is 0 Å². The molecule has 1 N–H and O–H groups in total. The van der Waals surface area contributed by atoms with Gasteiger partial charge in [-0.05, 0) is 32.0 Å². The molecule has 0 aliphatic carbocycles. The SMILES string of the molecule is CCN(C)CCNC(C)c1cccs1. The van der Waals surface area contributed by atoms with Crippen molar-refractivity contribution in [1.29, 1.82) is 0 Å². The van der Waals surface area contributed by atoms with E-state index in [2.05, 4.69) is 48.6 Å². The lowest BCUT2D eigenvalue weighted by atomic mass is 10.3. The average molecular weight is 212 g/mol. The molecule has 0 aromatic carbocycles. The molecule has 0 saturated carbocycles. The molecule has 80 valence electrons. The number of thiophene rings is 1. The van der Waals surface area contributed by atoms with Crippen LogP contribution in [0.25, 0.3) is 0 Å². The first-order valence-electron chi connectivity index (χ1n) is 5.19. The van der Waals surface area contributed by atoms with Gasteiger partial charge in [-0.1, -0.05) is 13.0 Å². The third kappa shape index (κ3) is 3.78. The molecule has 0 aliphatic heterocycles. The lowest BCUT2D eigenvalue weighted by Gasteiger charge is -2.17. The molecule has 1 unspecified atom stereocenters. The van der Waals surface area contributed by atoms with Gasteiger partial charge < -0.3 is 10.2 Å². The van der Waals surface area contributed by atoms with Crippen molar-refractivity contribution in [1.82, 2.24) is 10.2 Å². The highest BCUT2D eigenvalue weighted by Crippen LogP contribution is 2.17. The quantitative estimate of drug-likeness (QED) is 0.778. The Morgan fingerprint density at radius 1 is 1.57 bits per heavy atom. The highest BCUT2D eigenvalue weighted by atomic mass is 32.1. The van der Waals surface area contributed by atoms with Crippen LogP contribution in [0.4, 0.5) is 0 Å². The number of rotatable bonds is 6. The summed E-state index contributed by atoms with van der Waals surface area (Å²) in [5, 5.41) is 5.65. The molecule has 0 aliphatic rings. The molecule has 1 heterocycles. The van der Waals surface area contributed by atoms with Crippen molar-refractivity contribution in [2.24, 2.45) is 0 Å². The van der Waals surface area contributed by atoms with Gasteiger partial charge in [0.1, 0.15) is 0 Å². The molecule has 1 aromatic rings. The minimum atomic E-state index is 0.486. The summed E-state index contributed by atoms with van der Waals surface area (Å²) in [5.41, 5.74) is 0. The maximum atomic E-state index is 3.52. The van der Waals surface area contributed by atoms with Crippen LogP contribution in [-0.2, 0) is 0 Å². The fourth-order valence-electron chi connectivity index (χ4n) is 1.27. The second kappa shape index (κ2) is 6.17. The Morgan fingerprint density at radius 2 is 2.36 bits per heavy atom. The number of nitrogens with zero attached hydrogens (tertiary/aromatic N) is 1. The molecular formula is C11H20N2S. The van der Waals surface area contributed by atoms with Crippen LogP contribution >= 0.6 is 11.3 Å². The summed E-state index contributed by atoms with van der Waals surface area (Å²) in [7, 11) is 2.15. The molecule has 3 heteroatoms. The van der Waals surface area contributed by atoms with Crippen LogP contribution in [0.1, 0.15) is 24.8 Å². The van der Waals surface area contributed by atoms with E-state index in [1.54, 1.807) is 0 Å². The molecule has 0 radical (unpaired) electrons. The number of hydrogen-bond acceptors (Lipinski definition) is 3. The van der Waals surface area contributed by atoms with Crippen LogP contribution in [0.5, 0.6) is 0 Å². The van der Waals surface area contributed by atoms with Crippen molar-refractivity contribution in [3.8, 4) is 0 Å². The van der Waals surface area contributed by atoms with E-state index in [9.17, 15) is 0 Å². The Hall–Kier alpha value is -0.380. The summed E-state index contributed by atoms with van der Waals surface area (Å²) in [4.78, 5) is 3.73. The summed E-state index contributed by atoms with van der Waals surface area (Å²) in [6.07, 6.45) is 0. The zero-order valence-corrected chi connectivity index (χ0v) is 10.1. The van der Waals surface area contributed by atoms with Crippen molar-refractivity contribution < 1.29 is 0 Å². The van der Waals surface area contributed by atoms with Crippen LogP contribution in [0.15, 0.2) is 17.5 Å². The van der Waals surface area contributed by atoms with Crippen LogP contribution in [0, 0.1) is 0 Å². The summed E-state index contributed by atoms with van der Waals surface area (Å²) in [6.45, 7) is 7.70. The van der Waals surface area contributed by atoms with E-state index in [1.165, 1.54) is 4.88 Å². The van der Waals surface area contributed by atoms with Crippen molar-refractivity contribution in [3.63, 3.8) is 0 Å². The molecule has 1 aromatic heterocycles. The lowest BCUT2D eigenvalue weighted by molar-refractivity contribution is 0.343. The topological polar surface area (TPSA) is 15.3 Å². The van der Waals surface area contributed by atoms with Gasteiger partial charge in [0.2, 0.25) is 0 Å². The predicted molar refractivity (Wildman–Crippen MR) is 63.9 cm³/mol. The molecule has 0 spiro atoms. The molecule has 1 rings (SSSR count). The number of hydrogen-bond donors (Lipinski definition) is 1. The van der Waals surface area contributed by atoms with E-state index in [1.807, 2.05) is 11.3 Å². The Labute approximate surface area is 90.9 Å². The van der Waals surface area contributed by atoms with Gasteiger partial charge >= 0.3 is 0 Å². The maximum absolute atomic E-state index is 3.52. The van der Waals surface area contributed by atoms with Gasteiger partial charge in [-0.25, -0.2) is 0 Å². The largest absolute Gasteiger partial charge is 0.308 e. The third-order valence-corrected chi connectivity index (χ3v) is 3.51. The molecule has 0 fully saturated rings. The van der Waals surface area contributed by atoms with Crippen molar-refractivity contribution in [3.05, 3.63) is 22.4 Å². The highest BCUT2D eigenvalue weighted by molar-refractivity contribution is 7.10. The van der Waals surface area contributed by atoms with Crippen LogP contribution in [0.3, 0.4) is 0 Å². The van der Waals surface area contributed by atoms with E-state index >= 15 is 0 Å². The monoisotopic (exact) mass is 212 g/mol. The van der Waals surface area contributed by atoms with E-state index in [0.29, 0.717) is 6.04 Å². The van der Waals surface area contributed by atoms with Crippen molar-refractivity contribution in [2.75, 3.05) is 26.7 Å². The first-order valence-corrected chi connectivity index (χ1v) is 6.07. The second-order valence-electron chi connectivity index (χ2n) is 3.59. The van der Waals surface area contributed by atoms with Gasteiger partial charge in [-0.3, -0.25) is 0 Å². The summed E-state index contributed by atoms with van der Waals surface area (Å²) in [6, 6.07) is 4.78. The van der Waals surface area contributed by atoms with Gasteiger partial charge in [0, 0.05) is 24.0 Å². The van der Waals surface area contributed by atoms with Gasteiger partial charge in [0.05, 0.1) is 0 Å². The molecule has 1 atom stereocenters. The predicted octanol–water partition coefficient (Wildman–Crippen LogP) is 2.35. The summed E-state index contributed by atoms with van der Waals surface area (Å²) >= 11 is 1.82. The summed E-state index contributed by atoms with van der Waals surface area (Å²) < 4.78 is 0. The van der Waals surface area contributed by atoms with Gasteiger partial charge in [0.15, 0.2) is 0 Å². The zero-order valence-electron chi connectivity index (χ0n) is 9.29. The molecule has 0 saturated heterocycles. The number of nitrogens with one attached hydrogen (secondary N) is 1. The van der Waals surface area contributed by atoms with Gasteiger partial charge in [-0.15, -0.1) is 11.3 Å². The first-order chi connectivity index (χ1) is 6.74. The Bertz CT molecular complexity index is 233. The lowest BCUT2D eigenvalue weighted by Crippen LogP contribution is -2.30. The smallest absolute Gasteiger partial charge is 0.0386 e. The van der Waals surface area contributed by atoms with Crippen LogP contribution < -0.4 is 5.32 Å². The molecule has 0 bridgehead atoms. The highest BCUT2D eigenvalue weighted by Gasteiger charge is 2.04. The van der Waals surface area contributed by atoms with E-state index in [-0.39, 0.29) is 0 Å². The molecule has 14 heavy (non-hydrogen) atoms. The minimum absolute atomic E-state index is 0.486. The third-order valence-electron chi connectivity index (χ3n) is 2.45. The van der Waals surface area contributed by atoms with Crippen molar-refractivity contribution in [2.45, 2.75) is 19.9 Å². The molecular weight excluding hydrogens is 192 g/mol. The second-order valence-corrected chi connectivity index (χ2v) is 4.57. The van der Waals surface area contributed by atoms with Crippen LogP contribution in [-0.4, -0.2) is 31.6 Å².